The van der Waals surface area contributed by atoms with Gasteiger partial charge in [0.15, 0.2) is 6.10 Å². The predicted molar refractivity (Wildman–Crippen MR) is 63.0 cm³/mol. The predicted octanol–water partition coefficient (Wildman–Crippen LogP) is 1.59. The summed E-state index contributed by atoms with van der Waals surface area (Å²) in [6.07, 6.45) is -8.00. The lowest BCUT2D eigenvalue weighted by molar-refractivity contribution is -0.204. The number of benzene rings is 1. The number of aryl methyl sites for hydroxylation is 1. The van der Waals surface area contributed by atoms with Crippen molar-refractivity contribution in [2.24, 2.45) is 0 Å². The van der Waals surface area contributed by atoms with E-state index in [2.05, 4.69) is 0 Å². The van der Waals surface area contributed by atoms with Crippen molar-refractivity contribution < 1.29 is 26.7 Å². The molecule has 0 heterocycles. The maximum atomic E-state index is 12.0. The van der Waals surface area contributed by atoms with Crippen LogP contribution in [-0.2, 0) is 10.0 Å². The quantitative estimate of drug-likeness (QED) is 0.867. The number of aliphatic hydroxyl groups is 1. The van der Waals surface area contributed by atoms with Gasteiger partial charge in [0.25, 0.3) is 0 Å². The third-order valence-electron chi connectivity index (χ3n) is 2.42. The van der Waals surface area contributed by atoms with Gasteiger partial charge in [-0.1, -0.05) is 17.7 Å². The first-order chi connectivity index (χ1) is 8.63. The highest BCUT2D eigenvalue weighted by molar-refractivity contribution is 7.89. The van der Waals surface area contributed by atoms with Gasteiger partial charge in [0.1, 0.15) is 0 Å². The van der Waals surface area contributed by atoms with Gasteiger partial charge in [0.05, 0.1) is 4.90 Å². The summed E-state index contributed by atoms with van der Waals surface area (Å²) < 4.78 is 61.4. The van der Waals surface area contributed by atoms with Crippen LogP contribution < -0.4 is 4.72 Å². The third kappa shape index (κ3) is 4.81. The van der Waals surface area contributed by atoms with Crippen LogP contribution in [0.25, 0.3) is 0 Å². The lowest BCUT2D eigenvalue weighted by Crippen LogP contribution is -2.34. The normalized spacial score (nSPS) is 14.4. The van der Waals surface area contributed by atoms with Gasteiger partial charge in [-0.3, -0.25) is 0 Å². The van der Waals surface area contributed by atoms with Gasteiger partial charge in [-0.25, -0.2) is 13.1 Å². The molecule has 0 saturated carbocycles. The number of hydrogen-bond donors (Lipinski definition) is 2. The second-order valence-electron chi connectivity index (χ2n) is 4.06. The minimum absolute atomic E-state index is 0.0281. The molecular formula is C11H14F3NO3S. The van der Waals surface area contributed by atoms with Crippen LogP contribution in [0.15, 0.2) is 29.2 Å². The topological polar surface area (TPSA) is 66.4 Å². The van der Waals surface area contributed by atoms with Crippen LogP contribution in [0, 0.1) is 6.92 Å². The first-order valence-corrected chi connectivity index (χ1v) is 6.92. The summed E-state index contributed by atoms with van der Waals surface area (Å²) >= 11 is 0. The summed E-state index contributed by atoms with van der Waals surface area (Å²) in [6.45, 7) is 1.29. The van der Waals surface area contributed by atoms with Crippen molar-refractivity contribution in [3.63, 3.8) is 0 Å². The summed E-state index contributed by atoms with van der Waals surface area (Å²) in [6, 6.07) is 5.88. The number of hydrogen-bond acceptors (Lipinski definition) is 3. The van der Waals surface area contributed by atoms with Crippen molar-refractivity contribution >= 4 is 10.0 Å². The second kappa shape index (κ2) is 5.89. The highest BCUT2D eigenvalue weighted by Gasteiger charge is 2.37. The van der Waals surface area contributed by atoms with E-state index in [1.165, 1.54) is 12.1 Å². The maximum Gasteiger partial charge on any atom is 0.414 e. The molecule has 0 unspecified atom stereocenters. The standard InChI is InChI=1S/C11H14F3NO3S/c1-8-2-4-9(5-3-8)19(17,18)15-7-6-10(16)11(12,13)14/h2-5,10,15-16H,6-7H2,1H3/t10-/m0/s1. The van der Waals surface area contributed by atoms with Gasteiger partial charge in [-0.2, -0.15) is 13.2 Å². The molecule has 4 nitrogen and oxygen atoms in total. The fourth-order valence-electron chi connectivity index (χ4n) is 1.29. The van der Waals surface area contributed by atoms with E-state index in [9.17, 15) is 21.6 Å². The molecule has 0 fully saturated rings. The smallest absolute Gasteiger partial charge is 0.384 e. The SMILES string of the molecule is Cc1ccc(S(=O)(=O)NCC[C@H](O)C(F)(F)F)cc1. The molecule has 0 aliphatic carbocycles. The zero-order valence-electron chi connectivity index (χ0n) is 10.1. The Labute approximate surface area is 109 Å². The molecule has 0 radical (unpaired) electrons. The average molecular weight is 297 g/mol. The zero-order valence-corrected chi connectivity index (χ0v) is 10.9. The highest BCUT2D eigenvalue weighted by Crippen LogP contribution is 2.22. The fourth-order valence-corrected chi connectivity index (χ4v) is 2.34. The van der Waals surface area contributed by atoms with Gasteiger partial charge in [-0.05, 0) is 25.5 Å². The fraction of sp³-hybridized carbons (Fsp3) is 0.455. The molecule has 0 aliphatic heterocycles. The number of halogens is 3. The lowest BCUT2D eigenvalue weighted by Gasteiger charge is -2.14. The summed E-state index contributed by atoms with van der Waals surface area (Å²) in [4.78, 5) is -0.0281. The number of alkyl halides is 3. The minimum Gasteiger partial charge on any atom is -0.384 e. The van der Waals surface area contributed by atoms with Crippen LogP contribution in [0.1, 0.15) is 12.0 Å². The van der Waals surface area contributed by atoms with Crippen LogP contribution in [-0.4, -0.2) is 32.3 Å². The lowest BCUT2D eigenvalue weighted by atomic mass is 10.2. The first-order valence-electron chi connectivity index (χ1n) is 5.44. The first kappa shape index (κ1) is 15.9. The van der Waals surface area contributed by atoms with Crippen LogP contribution in [0.5, 0.6) is 0 Å². The van der Waals surface area contributed by atoms with Crippen LogP contribution in [0.4, 0.5) is 13.2 Å². The maximum absolute atomic E-state index is 12.0. The number of nitrogens with one attached hydrogen (secondary N) is 1. The molecule has 1 atom stereocenters. The number of rotatable bonds is 5. The van der Waals surface area contributed by atoms with Gasteiger partial charge >= 0.3 is 6.18 Å². The molecule has 108 valence electrons. The molecule has 1 aromatic carbocycles. The van der Waals surface area contributed by atoms with E-state index in [4.69, 9.17) is 5.11 Å². The van der Waals surface area contributed by atoms with E-state index in [-0.39, 0.29) is 4.90 Å². The molecule has 1 aromatic rings. The van der Waals surface area contributed by atoms with E-state index < -0.39 is 35.3 Å². The Balaban J connectivity index is 2.60. The van der Waals surface area contributed by atoms with Gasteiger partial charge in [-0.15, -0.1) is 0 Å². The Morgan fingerprint density at radius 1 is 1.26 bits per heavy atom. The van der Waals surface area contributed by atoms with E-state index >= 15 is 0 Å². The Kier molecular flexibility index (Phi) is 4.94. The average Bonchev–Trinajstić information content (AvgIpc) is 2.28. The van der Waals surface area contributed by atoms with Gasteiger partial charge in [0, 0.05) is 6.54 Å². The van der Waals surface area contributed by atoms with Crippen molar-refractivity contribution in [1.82, 2.24) is 4.72 Å². The Morgan fingerprint density at radius 3 is 2.26 bits per heavy atom. The molecule has 1 rings (SSSR count). The molecular weight excluding hydrogens is 283 g/mol. The van der Waals surface area contributed by atoms with E-state index in [1.54, 1.807) is 19.1 Å². The molecule has 0 bridgehead atoms. The highest BCUT2D eigenvalue weighted by atomic mass is 32.2. The van der Waals surface area contributed by atoms with Crippen molar-refractivity contribution in [2.45, 2.75) is 30.5 Å². The van der Waals surface area contributed by atoms with Crippen LogP contribution >= 0.6 is 0 Å². The van der Waals surface area contributed by atoms with Gasteiger partial charge < -0.3 is 5.11 Å². The molecule has 0 spiro atoms. The summed E-state index contributed by atoms with van der Waals surface area (Å²) in [5, 5.41) is 8.73. The van der Waals surface area contributed by atoms with Crippen molar-refractivity contribution in [1.29, 1.82) is 0 Å². The number of sulfonamides is 1. The molecule has 0 amide bonds. The second-order valence-corrected chi connectivity index (χ2v) is 5.82. The summed E-state index contributed by atoms with van der Waals surface area (Å²) in [5.74, 6) is 0. The van der Waals surface area contributed by atoms with Crippen molar-refractivity contribution in [3.8, 4) is 0 Å². The molecule has 0 aromatic heterocycles. The van der Waals surface area contributed by atoms with Crippen molar-refractivity contribution in [2.75, 3.05) is 6.54 Å². The third-order valence-corrected chi connectivity index (χ3v) is 3.90. The zero-order chi connectivity index (χ0) is 14.7. The van der Waals surface area contributed by atoms with E-state index in [0.29, 0.717) is 0 Å². The van der Waals surface area contributed by atoms with Gasteiger partial charge in [0.2, 0.25) is 10.0 Å². The Bertz CT molecular complexity index is 511. The number of aliphatic hydroxyl groups excluding tert-OH is 1. The molecule has 8 heteroatoms. The van der Waals surface area contributed by atoms with E-state index in [1.807, 2.05) is 4.72 Å². The molecule has 0 aliphatic rings. The van der Waals surface area contributed by atoms with Crippen LogP contribution in [0.3, 0.4) is 0 Å². The summed E-state index contributed by atoms with van der Waals surface area (Å²) in [7, 11) is -3.85. The molecule has 19 heavy (non-hydrogen) atoms. The largest absolute Gasteiger partial charge is 0.414 e. The summed E-state index contributed by atoms with van der Waals surface area (Å²) in [5.41, 5.74) is 0.867. The molecule has 0 saturated heterocycles. The minimum atomic E-state index is -4.74. The monoisotopic (exact) mass is 297 g/mol. The van der Waals surface area contributed by atoms with E-state index in [0.717, 1.165) is 5.56 Å². The Hall–Kier alpha value is -1.12. The Morgan fingerprint density at radius 2 is 1.79 bits per heavy atom. The van der Waals surface area contributed by atoms with Crippen molar-refractivity contribution in [3.05, 3.63) is 29.8 Å². The van der Waals surface area contributed by atoms with Crippen LogP contribution in [0.2, 0.25) is 0 Å². The molecule has 2 N–H and O–H groups in total.